The number of aromatic amines is 1. The summed E-state index contributed by atoms with van der Waals surface area (Å²) in [4.78, 5) is 29.5. The summed E-state index contributed by atoms with van der Waals surface area (Å²) in [7, 11) is 0. The average molecular weight is 724 g/mol. The normalized spacial score (nSPS) is 16.9. The molecule has 3 aliphatic rings. The summed E-state index contributed by atoms with van der Waals surface area (Å²) in [5, 5.41) is 25.9. The first-order chi connectivity index (χ1) is 26.0. The van der Waals surface area contributed by atoms with Crippen molar-refractivity contribution >= 4 is 32.6 Å². The van der Waals surface area contributed by atoms with Crippen LogP contribution >= 0.6 is 0 Å². The van der Waals surface area contributed by atoms with Gasteiger partial charge in [-0.1, -0.05) is 24.3 Å². The lowest BCUT2D eigenvalue weighted by Crippen LogP contribution is -2.23. The van der Waals surface area contributed by atoms with Gasteiger partial charge in [-0.2, -0.15) is 5.26 Å². The molecule has 0 spiro atoms. The van der Waals surface area contributed by atoms with Gasteiger partial charge >= 0.3 is 0 Å². The highest BCUT2D eigenvalue weighted by molar-refractivity contribution is 6.11. The number of aromatic nitrogens is 5. The minimum absolute atomic E-state index is 0.0790. The van der Waals surface area contributed by atoms with Gasteiger partial charge in [-0.15, -0.1) is 0 Å². The van der Waals surface area contributed by atoms with Gasteiger partial charge in [-0.05, 0) is 111 Å². The lowest BCUT2D eigenvalue weighted by molar-refractivity contribution is 0.0739. The van der Waals surface area contributed by atoms with Crippen LogP contribution < -0.4 is 10.9 Å². The molecule has 3 fully saturated rings. The molecule has 0 amide bonds. The fraction of sp³-hybridized carbons (Fsp3) is 0.279. The molecule has 3 aromatic carbocycles. The maximum Gasteiger partial charge on any atom is 0.269 e. The molecule has 2 aliphatic heterocycles. The first-order valence-electron chi connectivity index (χ1n) is 18.2. The molecule has 11 heteroatoms. The molecule has 4 aromatic heterocycles. The number of H-pyrrole nitrogens is 1. The Hall–Kier alpha value is -5.83. The van der Waals surface area contributed by atoms with Crippen LogP contribution in [0.25, 0.3) is 55.0 Å². The number of halogens is 2. The van der Waals surface area contributed by atoms with Crippen molar-refractivity contribution in [3.8, 4) is 28.5 Å². The number of nitrogens with zero attached hydrogens (tertiary/aromatic N) is 5. The molecule has 2 saturated heterocycles. The van der Waals surface area contributed by atoms with Gasteiger partial charge in [0.25, 0.3) is 5.56 Å². The highest BCUT2D eigenvalue weighted by atomic mass is 19.1. The number of aliphatic hydroxyl groups is 1. The Balaban J connectivity index is 0.000000620. The Morgan fingerprint density at radius 1 is 1.06 bits per heavy atom. The molecule has 272 valence electrons. The van der Waals surface area contributed by atoms with Gasteiger partial charge in [0.15, 0.2) is 5.82 Å². The number of hydrogen-bond acceptors (Lipinski definition) is 7. The van der Waals surface area contributed by atoms with Gasteiger partial charge in [0.05, 0.1) is 35.2 Å². The van der Waals surface area contributed by atoms with Crippen LogP contribution in [0.15, 0.2) is 90.2 Å². The van der Waals surface area contributed by atoms with E-state index in [2.05, 4.69) is 26.3 Å². The third-order valence-corrected chi connectivity index (χ3v) is 10.7. The Labute approximate surface area is 310 Å². The summed E-state index contributed by atoms with van der Waals surface area (Å²) in [5.41, 5.74) is 2.75. The maximum absolute atomic E-state index is 17.2. The van der Waals surface area contributed by atoms with E-state index < -0.39 is 23.3 Å². The summed E-state index contributed by atoms with van der Waals surface area (Å²) in [6, 6.07) is 19.7. The van der Waals surface area contributed by atoms with Crippen LogP contribution in [0.3, 0.4) is 0 Å². The van der Waals surface area contributed by atoms with Crippen LogP contribution in [0, 0.1) is 28.9 Å². The zero-order valence-corrected chi connectivity index (χ0v) is 30.2. The van der Waals surface area contributed by atoms with Crippen LogP contribution in [0.5, 0.6) is 0 Å². The molecule has 9 nitrogen and oxygen atoms in total. The van der Waals surface area contributed by atoms with Crippen molar-refractivity contribution in [2.24, 2.45) is 5.92 Å². The fourth-order valence-electron chi connectivity index (χ4n) is 7.75. The standard InChI is InChI=1S/C38H30F2N6O2.C5H9N/c1-21(46-15-14-42-20-32(46)47)30-18-29-35(24-10-12-31(43-19-24)38(2,3)48)45-37-28(36(29)44-30)16-23(7-5-13-41)33(34(37)40)26-8-4-6-22-9-11-25(39)17-27(22)26;1-4-2-5(1)6-3-4/h4,6,8-12,14-21,44,48H,5,7H2,1-3H3;4-6H,1-3H2. The molecule has 54 heavy (non-hydrogen) atoms. The molecule has 2 bridgehead atoms. The Bertz CT molecular complexity index is 2640. The average Bonchev–Trinajstić information content (AvgIpc) is 3.93. The second-order valence-electron chi connectivity index (χ2n) is 14.9. The monoisotopic (exact) mass is 723 g/mol. The lowest BCUT2D eigenvalue weighted by Gasteiger charge is -2.19. The highest BCUT2D eigenvalue weighted by Crippen LogP contribution is 2.42. The van der Waals surface area contributed by atoms with Gasteiger partial charge in [-0.25, -0.2) is 13.8 Å². The number of fused-ring (bicyclic) bond motifs is 5. The molecule has 1 atom stereocenters. The zero-order valence-electron chi connectivity index (χ0n) is 30.2. The van der Waals surface area contributed by atoms with Gasteiger partial charge in [-0.3, -0.25) is 14.8 Å². The molecule has 3 N–H and O–H groups in total. The smallest absolute Gasteiger partial charge is 0.269 e. The molecule has 1 aliphatic carbocycles. The largest absolute Gasteiger partial charge is 0.384 e. The molecule has 1 saturated carbocycles. The van der Waals surface area contributed by atoms with E-state index in [4.69, 9.17) is 4.98 Å². The summed E-state index contributed by atoms with van der Waals surface area (Å²) in [6.45, 7) is 6.47. The van der Waals surface area contributed by atoms with Crippen molar-refractivity contribution in [1.82, 2.24) is 29.8 Å². The van der Waals surface area contributed by atoms with E-state index in [1.807, 2.05) is 25.1 Å². The van der Waals surface area contributed by atoms with E-state index >= 15 is 4.39 Å². The predicted octanol–water partition coefficient (Wildman–Crippen LogP) is 8.09. The SMILES string of the molecule is C1NC2CC1C2.CC(c1cc2c(-c3ccc(C(C)(C)O)nc3)nc3c(F)c(-c4cccc5ccc(F)cc45)c(CCC#N)cc3c2[nH]1)n1ccncc1=O. The third-order valence-electron chi connectivity index (χ3n) is 10.7. The van der Waals surface area contributed by atoms with Gasteiger partial charge in [0.2, 0.25) is 0 Å². The van der Waals surface area contributed by atoms with Crippen LogP contribution in [-0.4, -0.2) is 42.2 Å². The zero-order chi connectivity index (χ0) is 37.7. The van der Waals surface area contributed by atoms with Crippen LogP contribution in [0.4, 0.5) is 8.78 Å². The summed E-state index contributed by atoms with van der Waals surface area (Å²) < 4.78 is 33.3. The Morgan fingerprint density at radius 2 is 1.89 bits per heavy atom. The molecule has 10 rings (SSSR count). The molecular formula is C43H39F2N7O2. The van der Waals surface area contributed by atoms with Gasteiger partial charge < -0.3 is 20.0 Å². The van der Waals surface area contributed by atoms with Crippen LogP contribution in [0.1, 0.15) is 63.0 Å². The van der Waals surface area contributed by atoms with Crippen LogP contribution in [-0.2, 0) is 12.0 Å². The highest BCUT2D eigenvalue weighted by Gasteiger charge is 2.35. The van der Waals surface area contributed by atoms with Crippen molar-refractivity contribution in [1.29, 1.82) is 5.26 Å². The Morgan fingerprint density at radius 3 is 2.56 bits per heavy atom. The minimum Gasteiger partial charge on any atom is -0.384 e. The number of nitriles is 1. The van der Waals surface area contributed by atoms with E-state index in [-0.39, 0.29) is 29.5 Å². The van der Waals surface area contributed by atoms with Crippen molar-refractivity contribution in [2.45, 2.75) is 64.1 Å². The van der Waals surface area contributed by atoms with E-state index in [0.717, 1.165) is 17.3 Å². The number of nitrogens with one attached hydrogen (secondary N) is 2. The predicted molar refractivity (Wildman–Crippen MR) is 206 cm³/mol. The molecule has 0 radical (unpaired) electrons. The van der Waals surface area contributed by atoms with Crippen molar-refractivity contribution in [3.05, 3.63) is 124 Å². The van der Waals surface area contributed by atoms with Crippen LogP contribution in [0.2, 0.25) is 0 Å². The second kappa shape index (κ2) is 13.9. The molecule has 7 aromatic rings. The minimum atomic E-state index is -1.17. The van der Waals surface area contributed by atoms with Crippen molar-refractivity contribution < 1.29 is 13.9 Å². The van der Waals surface area contributed by atoms with E-state index in [1.54, 1.807) is 61.1 Å². The maximum atomic E-state index is 17.2. The first kappa shape index (κ1) is 35.2. The summed E-state index contributed by atoms with van der Waals surface area (Å²) in [5.74, 6) is 0.0335. The summed E-state index contributed by atoms with van der Waals surface area (Å²) >= 11 is 0. The number of benzene rings is 3. The van der Waals surface area contributed by atoms with Crippen molar-refractivity contribution in [2.75, 3.05) is 6.54 Å². The van der Waals surface area contributed by atoms with Gasteiger partial charge in [0.1, 0.15) is 16.9 Å². The number of pyridine rings is 2. The Kier molecular flexibility index (Phi) is 9.04. The molecule has 6 heterocycles. The molecule has 1 unspecified atom stereocenters. The lowest BCUT2D eigenvalue weighted by atomic mass is 9.87. The number of aryl methyl sites for hydroxylation is 1. The third kappa shape index (κ3) is 6.42. The quantitative estimate of drug-likeness (QED) is 0.151. The number of rotatable bonds is 7. The van der Waals surface area contributed by atoms with Gasteiger partial charge in [0, 0.05) is 58.6 Å². The summed E-state index contributed by atoms with van der Waals surface area (Å²) in [6.07, 6.45) is 9.33. The van der Waals surface area contributed by atoms with E-state index in [9.17, 15) is 19.6 Å². The van der Waals surface area contributed by atoms with Crippen molar-refractivity contribution in [3.63, 3.8) is 0 Å². The first-order valence-corrected chi connectivity index (χ1v) is 18.2. The topological polar surface area (TPSA) is 133 Å². The number of hydrogen-bond donors (Lipinski definition) is 3. The second-order valence-corrected chi connectivity index (χ2v) is 14.9. The molecular weight excluding hydrogens is 685 g/mol. The van der Waals surface area contributed by atoms with E-state index in [0.29, 0.717) is 55.4 Å². The fourth-order valence-corrected chi connectivity index (χ4v) is 7.75. The van der Waals surface area contributed by atoms with E-state index in [1.165, 1.54) is 43.9 Å².